The van der Waals surface area contributed by atoms with Crippen molar-refractivity contribution in [3.05, 3.63) is 64.3 Å². The summed E-state index contributed by atoms with van der Waals surface area (Å²) in [5.74, 6) is -0.481. The third kappa shape index (κ3) is 8.17. The molecule has 2 aromatic carbocycles. The number of benzene rings is 2. The van der Waals surface area contributed by atoms with Crippen LogP contribution in [0, 0.1) is 0 Å². The molecule has 2 amide bonds. The average Bonchev–Trinajstić information content (AvgIpc) is 3.31. The zero-order chi connectivity index (χ0) is 33.6. The summed E-state index contributed by atoms with van der Waals surface area (Å²) in [4.78, 5) is 44.3. The van der Waals surface area contributed by atoms with Gasteiger partial charge in [0, 0.05) is 24.4 Å². The molecular weight excluding hydrogens is 652 g/mol. The molecule has 0 saturated heterocycles. The smallest absolute Gasteiger partial charge is 0.307 e. The Morgan fingerprint density at radius 2 is 1.53 bits per heavy atom. The molecule has 0 aliphatic rings. The number of amides is 2. The maximum absolute atomic E-state index is 14.1. The lowest BCUT2D eigenvalue weighted by molar-refractivity contribution is -0.142. The van der Waals surface area contributed by atoms with Gasteiger partial charge in [0.25, 0.3) is 8.32 Å². The van der Waals surface area contributed by atoms with Crippen molar-refractivity contribution < 1.29 is 23.5 Å². The Morgan fingerprint density at radius 1 is 0.956 bits per heavy atom. The van der Waals surface area contributed by atoms with Crippen LogP contribution in [0.5, 0.6) is 5.75 Å². The molecule has 1 aromatic heterocycles. The van der Waals surface area contributed by atoms with Crippen LogP contribution < -0.4 is 15.5 Å². The number of esters is 1. The van der Waals surface area contributed by atoms with E-state index in [4.69, 9.17) is 14.9 Å². The highest BCUT2D eigenvalue weighted by atomic mass is 79.9. The molecule has 3 rings (SSSR count). The molecule has 0 aliphatic carbocycles. The molecule has 0 fully saturated rings. The molecule has 3 aromatic rings. The van der Waals surface area contributed by atoms with Gasteiger partial charge >= 0.3 is 5.97 Å². The molecule has 3 atom stereocenters. The van der Waals surface area contributed by atoms with Gasteiger partial charge in [0.2, 0.25) is 11.8 Å². The number of nitrogens with one attached hydrogen (secondary N) is 2. The molecule has 9 nitrogen and oxygen atoms in total. The Morgan fingerprint density at radius 3 is 2.07 bits per heavy atom. The summed E-state index contributed by atoms with van der Waals surface area (Å²) >= 11 is 3.60. The van der Waals surface area contributed by atoms with Crippen molar-refractivity contribution in [2.75, 3.05) is 14.2 Å². The van der Waals surface area contributed by atoms with Crippen LogP contribution >= 0.6 is 15.9 Å². The van der Waals surface area contributed by atoms with E-state index in [2.05, 4.69) is 67.8 Å². The monoisotopic (exact) mass is 700 g/mol. The van der Waals surface area contributed by atoms with E-state index in [0.717, 1.165) is 32.4 Å². The van der Waals surface area contributed by atoms with Crippen LogP contribution in [0.1, 0.15) is 72.1 Å². The Bertz CT molecular complexity index is 1450. The van der Waals surface area contributed by atoms with Gasteiger partial charge in [-0.3, -0.25) is 14.4 Å². The summed E-state index contributed by atoms with van der Waals surface area (Å²) in [6.07, 6.45) is 0.134. The van der Waals surface area contributed by atoms with E-state index in [1.807, 2.05) is 48.5 Å². The van der Waals surface area contributed by atoms with Gasteiger partial charge in [-0.25, -0.2) is 0 Å². The lowest BCUT2D eigenvalue weighted by atomic mass is 10.00. The number of hydrogen-bond donors (Lipinski definition) is 3. The van der Waals surface area contributed by atoms with Gasteiger partial charge in [0.05, 0.1) is 30.2 Å². The topological polar surface area (TPSA) is 127 Å². The van der Waals surface area contributed by atoms with E-state index in [1.54, 1.807) is 14.0 Å². The first-order chi connectivity index (χ1) is 21.1. The van der Waals surface area contributed by atoms with Crippen molar-refractivity contribution in [3.8, 4) is 5.75 Å². The zero-order valence-electron chi connectivity index (χ0n) is 27.9. The minimum atomic E-state index is -2.17. The second-order valence-corrected chi connectivity index (χ2v) is 18.9. The van der Waals surface area contributed by atoms with Crippen molar-refractivity contribution in [1.29, 1.82) is 0 Å². The first kappa shape index (κ1) is 36.3. The third-order valence-corrected chi connectivity index (χ3v) is 15.5. The summed E-state index contributed by atoms with van der Waals surface area (Å²) < 4.78 is 12.5. The minimum absolute atomic E-state index is 0.0838. The second kappa shape index (κ2) is 15.4. The molecule has 0 bridgehead atoms. The summed E-state index contributed by atoms with van der Waals surface area (Å²) in [5.41, 5.74) is 9.67. The van der Waals surface area contributed by atoms with E-state index in [-0.39, 0.29) is 18.7 Å². The van der Waals surface area contributed by atoms with Gasteiger partial charge in [0.1, 0.15) is 11.8 Å². The van der Waals surface area contributed by atoms with Crippen LogP contribution in [0.2, 0.25) is 16.6 Å². The van der Waals surface area contributed by atoms with Gasteiger partial charge in [-0.15, -0.1) is 0 Å². The largest absolute Gasteiger partial charge is 0.543 e. The standard InChI is InChI=1S/C34H49BrN4O5Si/c1-20(2)45(21(3)4,22(5)6)44-25-16-14-24(15-17-25)29(19-31(40)43-9)38-33(41)30(39(8)34(42)23(7)36)18-27-26-12-10-11-13-28(26)37-32(27)35/h10-17,20-23,29-30,37H,18-19,36H2,1-9H3,(H,38,41). The molecule has 0 saturated carbocycles. The lowest BCUT2D eigenvalue weighted by Crippen LogP contribution is -2.53. The number of hydrogen-bond acceptors (Lipinski definition) is 6. The number of H-pyrrole nitrogens is 1. The summed E-state index contributed by atoms with van der Waals surface area (Å²) in [5, 5.41) is 3.98. The Labute approximate surface area is 276 Å². The van der Waals surface area contributed by atoms with Crippen LogP contribution in [0.4, 0.5) is 0 Å². The van der Waals surface area contributed by atoms with Gasteiger partial charge < -0.3 is 30.1 Å². The first-order valence-corrected chi connectivity index (χ1v) is 18.5. The quantitative estimate of drug-likeness (QED) is 0.128. The number of aromatic amines is 1. The van der Waals surface area contributed by atoms with Crippen molar-refractivity contribution in [2.45, 2.75) is 96.1 Å². The highest BCUT2D eigenvalue weighted by Gasteiger charge is 2.47. The Hall–Kier alpha value is -3.15. The van der Waals surface area contributed by atoms with Crippen LogP contribution in [0.15, 0.2) is 53.1 Å². The molecule has 0 spiro atoms. The van der Waals surface area contributed by atoms with E-state index in [9.17, 15) is 14.4 Å². The van der Waals surface area contributed by atoms with Crippen molar-refractivity contribution >= 4 is 52.9 Å². The molecular formula is C34H49BrN4O5Si. The predicted octanol–water partition coefficient (Wildman–Crippen LogP) is 6.62. The van der Waals surface area contributed by atoms with E-state index >= 15 is 0 Å². The molecule has 45 heavy (non-hydrogen) atoms. The highest BCUT2D eigenvalue weighted by molar-refractivity contribution is 9.10. The number of para-hydroxylation sites is 1. The average molecular weight is 702 g/mol. The van der Waals surface area contributed by atoms with Crippen LogP contribution in [-0.4, -0.2) is 62.2 Å². The number of ether oxygens (including phenoxy) is 1. The van der Waals surface area contributed by atoms with Gasteiger partial charge in [-0.05, 0) is 68.8 Å². The number of rotatable bonds is 14. The fourth-order valence-electron chi connectivity index (χ4n) is 6.54. The maximum atomic E-state index is 14.1. The number of likely N-dealkylation sites (N-methyl/N-ethyl adjacent to an activating group) is 1. The fraction of sp³-hybridized carbons (Fsp3) is 0.500. The van der Waals surface area contributed by atoms with Crippen molar-refractivity contribution in [1.82, 2.24) is 15.2 Å². The molecule has 246 valence electrons. The van der Waals surface area contributed by atoms with Gasteiger partial charge in [-0.1, -0.05) is 71.9 Å². The van der Waals surface area contributed by atoms with E-state index in [1.165, 1.54) is 12.0 Å². The number of carbonyl (C=O) groups excluding carboxylic acids is 3. The van der Waals surface area contributed by atoms with Crippen molar-refractivity contribution in [2.24, 2.45) is 5.73 Å². The van der Waals surface area contributed by atoms with E-state index < -0.39 is 38.3 Å². The van der Waals surface area contributed by atoms with Gasteiger partial charge in [0.15, 0.2) is 0 Å². The van der Waals surface area contributed by atoms with Crippen LogP contribution in [0.25, 0.3) is 10.9 Å². The molecule has 0 radical (unpaired) electrons. The molecule has 4 N–H and O–H groups in total. The van der Waals surface area contributed by atoms with E-state index in [0.29, 0.717) is 16.6 Å². The molecule has 11 heteroatoms. The Kier molecular flexibility index (Phi) is 12.4. The third-order valence-electron chi connectivity index (χ3n) is 8.87. The number of aromatic nitrogens is 1. The SMILES string of the molecule is COC(=O)CC(NC(=O)C(Cc1c(Br)[nH]c2ccccc12)N(C)C(=O)C(C)N)c1ccc(O[Si](C(C)C)(C(C)C)C(C)C)cc1. The molecule has 0 aliphatic heterocycles. The number of nitrogens with two attached hydrogens (primary N) is 1. The Balaban J connectivity index is 1.96. The number of methoxy groups -OCH3 is 1. The summed E-state index contributed by atoms with van der Waals surface area (Å²) in [6, 6.07) is 12.9. The summed E-state index contributed by atoms with van der Waals surface area (Å²) in [7, 11) is 0.723. The van der Waals surface area contributed by atoms with Crippen molar-refractivity contribution in [3.63, 3.8) is 0 Å². The normalized spacial score (nSPS) is 14.0. The lowest BCUT2D eigenvalue weighted by Gasteiger charge is -2.42. The highest BCUT2D eigenvalue weighted by Crippen LogP contribution is 2.43. The fourth-order valence-corrected chi connectivity index (χ4v) is 12.4. The second-order valence-electron chi connectivity index (χ2n) is 12.8. The van der Waals surface area contributed by atoms with Crippen LogP contribution in [-0.2, 0) is 25.5 Å². The molecule has 3 unspecified atom stereocenters. The maximum Gasteiger partial charge on any atom is 0.307 e. The number of halogens is 1. The first-order valence-electron chi connectivity index (χ1n) is 15.6. The number of fused-ring (bicyclic) bond motifs is 1. The summed E-state index contributed by atoms with van der Waals surface area (Å²) in [6.45, 7) is 15.0. The number of carbonyl (C=O) groups is 3. The zero-order valence-corrected chi connectivity index (χ0v) is 30.5. The van der Waals surface area contributed by atoms with Gasteiger partial charge in [-0.2, -0.15) is 0 Å². The van der Waals surface area contributed by atoms with Crippen LogP contribution in [0.3, 0.4) is 0 Å². The minimum Gasteiger partial charge on any atom is -0.543 e. The predicted molar refractivity (Wildman–Crippen MR) is 186 cm³/mol. The molecule has 1 heterocycles. The number of nitrogens with zero attached hydrogens (tertiary/aromatic N) is 1.